The summed E-state index contributed by atoms with van der Waals surface area (Å²) in [6.07, 6.45) is 4.46. The molecule has 1 aromatic carbocycles. The highest BCUT2D eigenvalue weighted by molar-refractivity contribution is 5.93. The maximum Gasteiger partial charge on any atom is 0.319 e. The first-order chi connectivity index (χ1) is 12.5. The van der Waals surface area contributed by atoms with Crippen LogP contribution in [0.3, 0.4) is 0 Å². The third-order valence-electron chi connectivity index (χ3n) is 5.31. The zero-order chi connectivity index (χ0) is 18.5. The van der Waals surface area contributed by atoms with Crippen molar-refractivity contribution in [3.63, 3.8) is 0 Å². The number of carbonyl (C=O) groups excluding carboxylic acids is 2. The Kier molecular flexibility index (Phi) is 6.11. The van der Waals surface area contributed by atoms with Gasteiger partial charge in [0.05, 0.1) is 0 Å². The molecule has 1 saturated heterocycles. The number of anilines is 2. The summed E-state index contributed by atoms with van der Waals surface area (Å²) in [4.78, 5) is 26.6. The molecular weight excluding hydrogens is 330 g/mol. The second-order valence-corrected chi connectivity index (χ2v) is 7.51. The molecule has 1 aromatic rings. The van der Waals surface area contributed by atoms with Gasteiger partial charge < -0.3 is 26.6 Å². The Labute approximate surface area is 154 Å². The van der Waals surface area contributed by atoms with Gasteiger partial charge in [0.25, 0.3) is 0 Å². The van der Waals surface area contributed by atoms with Crippen LogP contribution in [0.2, 0.25) is 0 Å². The van der Waals surface area contributed by atoms with Crippen molar-refractivity contribution in [3.8, 4) is 0 Å². The molecule has 5 N–H and O–H groups in total. The number of benzene rings is 1. The van der Waals surface area contributed by atoms with Crippen LogP contribution in [-0.2, 0) is 4.79 Å². The summed E-state index contributed by atoms with van der Waals surface area (Å²) >= 11 is 0. The van der Waals surface area contributed by atoms with Gasteiger partial charge in [0.2, 0.25) is 5.91 Å². The number of amides is 3. The van der Waals surface area contributed by atoms with E-state index in [0.717, 1.165) is 50.9 Å². The lowest BCUT2D eigenvalue weighted by molar-refractivity contribution is -0.119. The fourth-order valence-electron chi connectivity index (χ4n) is 3.64. The van der Waals surface area contributed by atoms with Gasteiger partial charge >= 0.3 is 6.03 Å². The highest BCUT2D eigenvalue weighted by atomic mass is 16.2. The van der Waals surface area contributed by atoms with E-state index >= 15 is 0 Å². The van der Waals surface area contributed by atoms with Crippen molar-refractivity contribution in [3.05, 3.63) is 24.3 Å². The summed E-state index contributed by atoms with van der Waals surface area (Å²) in [5.74, 6) is 0.0294. The van der Waals surface area contributed by atoms with Gasteiger partial charge in [-0.2, -0.15) is 0 Å². The molecule has 7 heteroatoms. The number of piperidine rings is 1. The molecule has 3 rings (SSSR count). The molecule has 7 nitrogen and oxygen atoms in total. The van der Waals surface area contributed by atoms with Gasteiger partial charge in [0.1, 0.15) is 0 Å². The minimum Gasteiger partial charge on any atom is -0.335 e. The largest absolute Gasteiger partial charge is 0.335 e. The van der Waals surface area contributed by atoms with Crippen LogP contribution in [0.1, 0.15) is 32.1 Å². The van der Waals surface area contributed by atoms with Gasteiger partial charge in [-0.05, 0) is 76.5 Å². The lowest BCUT2D eigenvalue weighted by Gasteiger charge is -2.29. The van der Waals surface area contributed by atoms with E-state index in [1.165, 1.54) is 0 Å². The first-order valence-corrected chi connectivity index (χ1v) is 9.42. The molecule has 0 bridgehead atoms. The summed E-state index contributed by atoms with van der Waals surface area (Å²) in [6, 6.07) is 7.38. The van der Waals surface area contributed by atoms with Gasteiger partial charge in [-0.15, -0.1) is 0 Å². The molecule has 2 aliphatic rings. The van der Waals surface area contributed by atoms with Gasteiger partial charge in [-0.3, -0.25) is 4.79 Å². The molecule has 26 heavy (non-hydrogen) atoms. The van der Waals surface area contributed by atoms with E-state index in [2.05, 4.69) is 27.9 Å². The zero-order valence-corrected chi connectivity index (χ0v) is 15.3. The first kappa shape index (κ1) is 18.7. The summed E-state index contributed by atoms with van der Waals surface area (Å²) in [5, 5.41) is 8.79. The molecular formula is C19H29N5O2. The van der Waals surface area contributed by atoms with Gasteiger partial charge in [0, 0.05) is 29.4 Å². The fraction of sp³-hybridized carbons (Fsp3) is 0.579. The smallest absolute Gasteiger partial charge is 0.319 e. The van der Waals surface area contributed by atoms with Crippen LogP contribution in [-0.4, -0.2) is 49.1 Å². The van der Waals surface area contributed by atoms with Crippen LogP contribution < -0.4 is 21.7 Å². The molecule has 2 atom stereocenters. The van der Waals surface area contributed by atoms with Crippen LogP contribution in [0.15, 0.2) is 24.3 Å². The summed E-state index contributed by atoms with van der Waals surface area (Å²) < 4.78 is 0. The minimum absolute atomic E-state index is 0.00289. The Morgan fingerprint density at radius 3 is 2.19 bits per heavy atom. The molecule has 0 radical (unpaired) electrons. The molecule has 2 unspecified atom stereocenters. The Balaban J connectivity index is 1.45. The molecule has 3 amide bonds. The first-order valence-electron chi connectivity index (χ1n) is 9.42. The lowest BCUT2D eigenvalue weighted by Crippen LogP contribution is -2.44. The van der Waals surface area contributed by atoms with E-state index in [4.69, 9.17) is 5.73 Å². The van der Waals surface area contributed by atoms with Crippen LogP contribution in [0.25, 0.3) is 0 Å². The number of carbonyl (C=O) groups is 2. The van der Waals surface area contributed by atoms with Crippen molar-refractivity contribution in [2.45, 2.75) is 44.2 Å². The predicted octanol–water partition coefficient (Wildman–Crippen LogP) is 1.97. The maximum absolute atomic E-state index is 12.2. The quantitative estimate of drug-likeness (QED) is 0.660. The van der Waals surface area contributed by atoms with Crippen LogP contribution >= 0.6 is 0 Å². The van der Waals surface area contributed by atoms with Crippen molar-refractivity contribution < 1.29 is 9.59 Å². The van der Waals surface area contributed by atoms with Gasteiger partial charge in [0.15, 0.2) is 0 Å². The molecule has 1 aliphatic carbocycles. The molecule has 0 spiro atoms. The number of nitrogens with two attached hydrogens (primary N) is 1. The Morgan fingerprint density at radius 2 is 1.62 bits per heavy atom. The van der Waals surface area contributed by atoms with E-state index in [0.29, 0.717) is 5.69 Å². The van der Waals surface area contributed by atoms with E-state index < -0.39 is 0 Å². The van der Waals surface area contributed by atoms with Crippen molar-refractivity contribution in [2.75, 3.05) is 30.8 Å². The van der Waals surface area contributed by atoms with Gasteiger partial charge in [-0.25, -0.2) is 4.79 Å². The van der Waals surface area contributed by atoms with Gasteiger partial charge in [-0.1, -0.05) is 0 Å². The van der Waals surface area contributed by atoms with Crippen LogP contribution in [0, 0.1) is 5.92 Å². The maximum atomic E-state index is 12.2. The van der Waals surface area contributed by atoms with E-state index in [-0.39, 0.29) is 29.9 Å². The lowest BCUT2D eigenvalue weighted by atomic mass is 10.1. The van der Waals surface area contributed by atoms with E-state index in [9.17, 15) is 9.59 Å². The van der Waals surface area contributed by atoms with Crippen molar-refractivity contribution in [1.82, 2.24) is 10.2 Å². The number of hydrogen-bond acceptors (Lipinski definition) is 4. The zero-order valence-electron chi connectivity index (χ0n) is 15.3. The number of rotatable bonds is 4. The average Bonchev–Trinajstić information content (AvgIpc) is 3.05. The van der Waals surface area contributed by atoms with E-state index in [1.807, 2.05) is 0 Å². The topological polar surface area (TPSA) is 99.5 Å². The normalized spacial score (nSPS) is 24.2. The average molecular weight is 359 g/mol. The van der Waals surface area contributed by atoms with Crippen molar-refractivity contribution in [1.29, 1.82) is 0 Å². The van der Waals surface area contributed by atoms with Crippen LogP contribution in [0.5, 0.6) is 0 Å². The molecule has 142 valence electrons. The summed E-state index contributed by atoms with van der Waals surface area (Å²) in [7, 11) is 2.09. The molecule has 2 fully saturated rings. The molecule has 1 heterocycles. The Hall–Kier alpha value is -2.12. The highest BCUT2D eigenvalue weighted by Gasteiger charge is 2.27. The number of nitrogens with zero attached hydrogens (tertiary/aromatic N) is 1. The number of hydrogen-bond donors (Lipinski definition) is 4. The fourth-order valence-corrected chi connectivity index (χ4v) is 3.64. The monoisotopic (exact) mass is 359 g/mol. The van der Waals surface area contributed by atoms with E-state index in [1.54, 1.807) is 24.3 Å². The Bertz CT molecular complexity index is 625. The number of nitrogens with one attached hydrogen (secondary N) is 3. The number of urea groups is 1. The molecule has 0 aromatic heterocycles. The Morgan fingerprint density at radius 1 is 1.00 bits per heavy atom. The van der Waals surface area contributed by atoms with Crippen molar-refractivity contribution in [2.24, 2.45) is 11.7 Å². The van der Waals surface area contributed by atoms with Crippen LogP contribution in [0.4, 0.5) is 16.2 Å². The number of likely N-dealkylation sites (tertiary alicyclic amines) is 1. The summed E-state index contributed by atoms with van der Waals surface area (Å²) in [5.41, 5.74) is 7.31. The predicted molar refractivity (Wildman–Crippen MR) is 103 cm³/mol. The minimum atomic E-state index is -0.184. The highest BCUT2D eigenvalue weighted by Crippen LogP contribution is 2.25. The molecule has 1 aliphatic heterocycles. The van der Waals surface area contributed by atoms with Crippen molar-refractivity contribution >= 4 is 23.3 Å². The summed E-state index contributed by atoms with van der Waals surface area (Å²) in [6.45, 7) is 2.01. The SMILES string of the molecule is CN1CCC(NC(=O)Nc2ccc(NC(=O)C3CCC(N)C3)cc2)CC1. The standard InChI is InChI=1S/C19H29N5O2/c1-24-10-8-17(9-11-24)23-19(26)22-16-6-4-15(5-7-16)21-18(25)13-2-3-14(20)12-13/h4-7,13-14,17H,2-3,8-12,20H2,1H3,(H,21,25)(H2,22,23,26). The third kappa shape index (κ3) is 5.19. The third-order valence-corrected chi connectivity index (χ3v) is 5.31. The second-order valence-electron chi connectivity index (χ2n) is 7.51. The second kappa shape index (κ2) is 8.51. The molecule has 1 saturated carbocycles.